The van der Waals surface area contributed by atoms with Gasteiger partial charge < -0.3 is 14.8 Å². The number of ketones is 1. The van der Waals surface area contributed by atoms with Gasteiger partial charge in [0.05, 0.1) is 29.8 Å². The lowest BCUT2D eigenvalue weighted by Crippen LogP contribution is -2.30. The monoisotopic (exact) mass is 439 g/mol. The largest absolute Gasteiger partial charge is 0.507 e. The summed E-state index contributed by atoms with van der Waals surface area (Å²) in [6.07, 6.45) is 0. The molecule has 3 aromatic carbocycles. The van der Waals surface area contributed by atoms with Gasteiger partial charge >= 0.3 is 5.91 Å². The SMILES string of the molecule is COc1ccc(/C(O)=C2\C(=O)C(=O)N(c3nc4ccc(C)cc4[nH]3)C2c2ccccc2)cc1. The van der Waals surface area contributed by atoms with Gasteiger partial charge in [-0.25, -0.2) is 4.98 Å². The van der Waals surface area contributed by atoms with Crippen LogP contribution in [-0.2, 0) is 9.59 Å². The second-order valence-electron chi connectivity index (χ2n) is 7.89. The number of aliphatic hydroxyl groups is 1. The molecular formula is C26H21N3O4. The Kier molecular flexibility index (Phi) is 4.94. The van der Waals surface area contributed by atoms with E-state index in [1.165, 1.54) is 4.90 Å². The molecule has 7 nitrogen and oxygen atoms in total. The van der Waals surface area contributed by atoms with Gasteiger partial charge in [-0.1, -0.05) is 36.4 Å². The Morgan fingerprint density at radius 3 is 2.45 bits per heavy atom. The van der Waals surface area contributed by atoms with Crippen molar-refractivity contribution in [2.75, 3.05) is 12.0 Å². The minimum atomic E-state index is -0.838. The van der Waals surface area contributed by atoms with E-state index in [9.17, 15) is 14.7 Å². The Morgan fingerprint density at radius 1 is 1.03 bits per heavy atom. The molecule has 1 aliphatic heterocycles. The fourth-order valence-electron chi connectivity index (χ4n) is 4.13. The van der Waals surface area contributed by atoms with Crippen molar-refractivity contribution in [1.82, 2.24) is 9.97 Å². The van der Waals surface area contributed by atoms with E-state index in [1.807, 2.05) is 55.5 Å². The fraction of sp³-hybridized carbons (Fsp3) is 0.115. The summed E-state index contributed by atoms with van der Waals surface area (Å²) in [6.45, 7) is 1.96. The number of methoxy groups -OCH3 is 1. The molecule has 2 heterocycles. The zero-order valence-corrected chi connectivity index (χ0v) is 18.1. The standard InChI is InChI=1S/C26H21N3O4/c1-15-8-13-19-20(14-15)28-26(27-19)29-22(16-6-4-3-5-7-16)21(24(31)25(29)32)23(30)17-9-11-18(33-2)12-10-17/h3-14,22,30H,1-2H3,(H,27,28)/b23-21+. The van der Waals surface area contributed by atoms with Crippen LogP contribution in [0.1, 0.15) is 22.7 Å². The molecule has 0 saturated carbocycles. The first kappa shape index (κ1) is 20.5. The molecule has 0 aliphatic carbocycles. The average Bonchev–Trinajstić information content (AvgIpc) is 3.37. The minimum absolute atomic E-state index is 0.00741. The summed E-state index contributed by atoms with van der Waals surface area (Å²) in [7, 11) is 1.55. The van der Waals surface area contributed by atoms with Gasteiger partial charge in [0.1, 0.15) is 11.5 Å². The maximum absolute atomic E-state index is 13.2. The number of carbonyl (C=O) groups excluding carboxylic acids is 2. The molecule has 0 bridgehead atoms. The second-order valence-corrected chi connectivity index (χ2v) is 7.89. The Balaban J connectivity index is 1.70. The van der Waals surface area contributed by atoms with Gasteiger partial charge in [-0.3, -0.25) is 14.5 Å². The van der Waals surface area contributed by atoms with Crippen LogP contribution in [0.5, 0.6) is 5.75 Å². The molecular weight excluding hydrogens is 418 g/mol. The number of benzene rings is 3. The molecule has 1 unspecified atom stereocenters. The molecule has 4 aromatic rings. The number of H-pyrrole nitrogens is 1. The number of imidazole rings is 1. The maximum Gasteiger partial charge on any atom is 0.302 e. The first-order valence-corrected chi connectivity index (χ1v) is 10.4. The highest BCUT2D eigenvalue weighted by Crippen LogP contribution is 2.41. The number of rotatable bonds is 4. The van der Waals surface area contributed by atoms with Gasteiger partial charge in [0.2, 0.25) is 5.95 Å². The molecule has 1 aliphatic rings. The number of hydrogen-bond donors (Lipinski definition) is 2. The van der Waals surface area contributed by atoms with E-state index in [0.717, 1.165) is 11.1 Å². The van der Waals surface area contributed by atoms with Gasteiger partial charge in [0, 0.05) is 5.56 Å². The molecule has 2 N–H and O–H groups in total. The molecule has 0 spiro atoms. The summed E-state index contributed by atoms with van der Waals surface area (Å²) in [4.78, 5) is 35.5. The number of Topliss-reactive ketones (excluding diaryl/α,β-unsaturated/α-hetero) is 1. The zero-order valence-electron chi connectivity index (χ0n) is 18.1. The molecule has 33 heavy (non-hydrogen) atoms. The third-order valence-corrected chi connectivity index (χ3v) is 5.78. The van der Waals surface area contributed by atoms with E-state index in [1.54, 1.807) is 31.4 Å². The number of hydrogen-bond acceptors (Lipinski definition) is 5. The van der Waals surface area contributed by atoms with E-state index in [-0.39, 0.29) is 17.3 Å². The van der Waals surface area contributed by atoms with E-state index >= 15 is 0 Å². The van der Waals surface area contributed by atoms with Crippen LogP contribution in [0.2, 0.25) is 0 Å². The molecule has 1 aromatic heterocycles. The highest BCUT2D eigenvalue weighted by atomic mass is 16.5. The number of aromatic nitrogens is 2. The van der Waals surface area contributed by atoms with Crippen molar-refractivity contribution in [2.24, 2.45) is 0 Å². The van der Waals surface area contributed by atoms with E-state index in [4.69, 9.17) is 4.74 Å². The number of anilines is 1. The van der Waals surface area contributed by atoms with Crippen molar-refractivity contribution in [1.29, 1.82) is 0 Å². The summed E-state index contributed by atoms with van der Waals surface area (Å²) in [5, 5.41) is 11.2. The van der Waals surface area contributed by atoms with Crippen LogP contribution in [-0.4, -0.2) is 33.9 Å². The summed E-state index contributed by atoms with van der Waals surface area (Å²) < 4.78 is 5.18. The quantitative estimate of drug-likeness (QED) is 0.277. The van der Waals surface area contributed by atoms with Crippen LogP contribution < -0.4 is 9.64 Å². The van der Waals surface area contributed by atoms with Gasteiger partial charge in [0.25, 0.3) is 5.78 Å². The summed E-state index contributed by atoms with van der Waals surface area (Å²) in [6, 6.07) is 20.7. The lowest BCUT2D eigenvalue weighted by molar-refractivity contribution is -0.132. The van der Waals surface area contributed by atoms with E-state index in [0.29, 0.717) is 22.4 Å². The van der Waals surface area contributed by atoms with Crippen LogP contribution >= 0.6 is 0 Å². The number of fused-ring (bicyclic) bond motifs is 1. The Bertz CT molecular complexity index is 1400. The molecule has 0 radical (unpaired) electrons. The van der Waals surface area contributed by atoms with Crippen LogP contribution in [0.3, 0.4) is 0 Å². The molecule has 164 valence electrons. The Labute approximate surface area is 190 Å². The molecule has 5 rings (SSSR count). The van der Waals surface area contributed by atoms with Crippen LogP contribution in [0, 0.1) is 6.92 Å². The van der Waals surface area contributed by atoms with E-state index < -0.39 is 17.7 Å². The number of nitrogens with one attached hydrogen (secondary N) is 1. The normalized spacial score (nSPS) is 17.6. The average molecular weight is 439 g/mol. The van der Waals surface area contributed by atoms with Crippen molar-refractivity contribution in [3.05, 3.63) is 95.1 Å². The molecule has 1 fully saturated rings. The van der Waals surface area contributed by atoms with Crippen molar-refractivity contribution >= 4 is 34.4 Å². The molecule has 1 amide bonds. The zero-order chi connectivity index (χ0) is 23.1. The molecule has 1 saturated heterocycles. The first-order chi connectivity index (χ1) is 16.0. The van der Waals surface area contributed by atoms with Crippen molar-refractivity contribution < 1.29 is 19.4 Å². The predicted octanol–water partition coefficient (Wildman–Crippen LogP) is 4.51. The highest BCUT2D eigenvalue weighted by molar-refractivity contribution is 6.51. The first-order valence-electron chi connectivity index (χ1n) is 10.4. The number of aromatic amines is 1. The number of carbonyl (C=O) groups is 2. The fourth-order valence-corrected chi connectivity index (χ4v) is 4.13. The summed E-state index contributed by atoms with van der Waals surface area (Å²) >= 11 is 0. The number of amides is 1. The maximum atomic E-state index is 13.2. The van der Waals surface area contributed by atoms with Crippen molar-refractivity contribution in [3.63, 3.8) is 0 Å². The molecule has 7 heteroatoms. The van der Waals surface area contributed by atoms with Crippen LogP contribution in [0.4, 0.5) is 5.95 Å². The van der Waals surface area contributed by atoms with Crippen LogP contribution in [0.15, 0.2) is 78.4 Å². The second kappa shape index (κ2) is 7.94. The smallest absolute Gasteiger partial charge is 0.302 e. The minimum Gasteiger partial charge on any atom is -0.507 e. The number of aryl methyl sites for hydroxylation is 1. The van der Waals surface area contributed by atoms with Gasteiger partial charge in [-0.2, -0.15) is 0 Å². The predicted molar refractivity (Wildman–Crippen MR) is 125 cm³/mol. The van der Waals surface area contributed by atoms with Gasteiger partial charge in [-0.15, -0.1) is 0 Å². The summed E-state index contributed by atoms with van der Waals surface area (Å²) in [5.41, 5.74) is 3.58. The van der Waals surface area contributed by atoms with E-state index in [2.05, 4.69) is 9.97 Å². The summed E-state index contributed by atoms with van der Waals surface area (Å²) in [5.74, 6) is -0.910. The Morgan fingerprint density at radius 2 is 1.76 bits per heavy atom. The topological polar surface area (TPSA) is 95.5 Å². The highest BCUT2D eigenvalue weighted by Gasteiger charge is 2.48. The number of nitrogens with zero attached hydrogens (tertiary/aromatic N) is 2. The number of ether oxygens (including phenoxy) is 1. The van der Waals surface area contributed by atoms with Crippen molar-refractivity contribution in [3.8, 4) is 5.75 Å². The van der Waals surface area contributed by atoms with Gasteiger partial charge in [0.15, 0.2) is 0 Å². The Hall–Kier alpha value is -4.39. The lowest BCUT2D eigenvalue weighted by Gasteiger charge is -2.23. The van der Waals surface area contributed by atoms with Crippen molar-refractivity contribution in [2.45, 2.75) is 13.0 Å². The lowest BCUT2D eigenvalue weighted by atomic mass is 9.95. The third-order valence-electron chi connectivity index (χ3n) is 5.78. The third kappa shape index (κ3) is 3.43. The van der Waals surface area contributed by atoms with Crippen LogP contribution in [0.25, 0.3) is 16.8 Å². The molecule has 1 atom stereocenters. The number of aliphatic hydroxyl groups excluding tert-OH is 1. The van der Waals surface area contributed by atoms with Gasteiger partial charge in [-0.05, 0) is 54.4 Å².